The highest BCUT2D eigenvalue weighted by atomic mass is 35.5. The Bertz CT molecular complexity index is 2080. The van der Waals surface area contributed by atoms with Crippen molar-refractivity contribution in [2.45, 2.75) is 41.4 Å². The summed E-state index contributed by atoms with van der Waals surface area (Å²) in [5, 5.41) is 0.622. The first kappa shape index (κ1) is 35.3. The third-order valence-corrected chi connectivity index (χ3v) is 12.4. The van der Waals surface area contributed by atoms with E-state index in [0.29, 0.717) is 16.1 Å². The molecule has 8 nitrogen and oxygen atoms in total. The second-order valence-corrected chi connectivity index (χ2v) is 17.9. The Hall–Kier alpha value is -3.03. The number of rotatable bonds is 11. The predicted octanol–water partition coefficient (Wildman–Crippen LogP) is 7.52. The van der Waals surface area contributed by atoms with Crippen LogP contribution in [-0.2, 0) is 38.4 Å². The van der Waals surface area contributed by atoms with Crippen molar-refractivity contribution in [1.29, 1.82) is 0 Å². The van der Waals surface area contributed by atoms with Gasteiger partial charge in [0, 0.05) is 11.7 Å². The molecule has 47 heavy (non-hydrogen) atoms. The number of benzene rings is 4. The number of halogens is 2. The molecule has 0 fully saturated rings. The molecule has 0 bridgehead atoms. The van der Waals surface area contributed by atoms with Crippen LogP contribution in [0.4, 0.5) is 0 Å². The molecule has 1 aliphatic rings. The summed E-state index contributed by atoms with van der Waals surface area (Å²) in [4.78, 5) is 0.0413. The summed E-state index contributed by atoms with van der Waals surface area (Å²) in [5.74, 6) is 0. The van der Waals surface area contributed by atoms with Gasteiger partial charge in [0.05, 0.1) is 37.9 Å². The molecule has 4 aromatic rings. The van der Waals surface area contributed by atoms with Crippen LogP contribution in [0.1, 0.15) is 35.1 Å². The molecule has 0 aliphatic heterocycles. The van der Waals surface area contributed by atoms with Crippen molar-refractivity contribution in [2.75, 3.05) is 19.5 Å². The summed E-state index contributed by atoms with van der Waals surface area (Å²) < 4.78 is 89.0. The molecule has 5 rings (SSSR count). The summed E-state index contributed by atoms with van der Waals surface area (Å²) in [6.45, 7) is 2.83. The standard InChI is InChI=1S/C34H32Cl2O8S3/c1-23-4-11-28(12-5-23)46(39,40)43-21-34(22-44-47(41,42)29-13-6-24(2)7-14-29)19-30(25-8-15-27(16-9-25)45(3,37)38)31(20-34)26-10-17-32(35)33(36)18-26/h4-18H,19-22H2,1-3H3. The number of allylic oxidation sites excluding steroid dienone is 2. The zero-order valence-corrected chi connectivity index (χ0v) is 29.7. The molecule has 0 saturated heterocycles. The molecule has 13 heteroatoms. The van der Waals surface area contributed by atoms with Crippen molar-refractivity contribution in [2.24, 2.45) is 5.41 Å². The summed E-state index contributed by atoms with van der Waals surface area (Å²) in [5.41, 5.74) is 3.32. The smallest absolute Gasteiger partial charge is 0.266 e. The molecule has 0 N–H and O–H groups in total. The molecular formula is C34H32Cl2O8S3. The van der Waals surface area contributed by atoms with Crippen LogP contribution in [0.15, 0.2) is 106 Å². The molecule has 1 aliphatic carbocycles. The van der Waals surface area contributed by atoms with E-state index in [1.54, 1.807) is 54.6 Å². The number of hydrogen-bond acceptors (Lipinski definition) is 8. The van der Waals surface area contributed by atoms with E-state index in [9.17, 15) is 25.3 Å². The fourth-order valence-electron chi connectivity index (χ4n) is 5.36. The molecule has 0 spiro atoms. The maximum absolute atomic E-state index is 13.3. The van der Waals surface area contributed by atoms with Crippen molar-refractivity contribution >= 4 is 64.4 Å². The predicted molar refractivity (Wildman–Crippen MR) is 183 cm³/mol. The van der Waals surface area contributed by atoms with E-state index in [1.165, 1.54) is 36.4 Å². The molecular weight excluding hydrogens is 703 g/mol. The molecule has 248 valence electrons. The third-order valence-electron chi connectivity index (χ3n) is 8.03. The average Bonchev–Trinajstić information content (AvgIpc) is 3.41. The van der Waals surface area contributed by atoms with Gasteiger partial charge in [0.25, 0.3) is 20.2 Å². The Kier molecular flexibility index (Phi) is 10.1. The number of hydrogen-bond donors (Lipinski definition) is 0. The Morgan fingerprint density at radius 2 is 0.979 bits per heavy atom. The van der Waals surface area contributed by atoms with Crippen LogP contribution in [0.5, 0.6) is 0 Å². The van der Waals surface area contributed by atoms with Gasteiger partial charge in [-0.15, -0.1) is 0 Å². The minimum Gasteiger partial charge on any atom is -0.266 e. The molecule has 0 amide bonds. The maximum atomic E-state index is 13.3. The fourth-order valence-corrected chi connectivity index (χ4v) is 8.31. The van der Waals surface area contributed by atoms with Gasteiger partial charge in [0.2, 0.25) is 0 Å². The quantitative estimate of drug-likeness (QED) is 0.145. The topological polar surface area (TPSA) is 121 Å². The van der Waals surface area contributed by atoms with Crippen molar-refractivity contribution < 1.29 is 33.6 Å². The van der Waals surface area contributed by atoms with Crippen molar-refractivity contribution in [3.05, 3.63) is 123 Å². The monoisotopic (exact) mass is 734 g/mol. The normalized spacial score (nSPS) is 15.3. The number of sulfone groups is 1. The summed E-state index contributed by atoms with van der Waals surface area (Å²) in [6.07, 6.45) is 1.38. The van der Waals surface area contributed by atoms with Gasteiger partial charge in [-0.2, -0.15) is 16.8 Å². The van der Waals surface area contributed by atoms with Crippen LogP contribution in [0.3, 0.4) is 0 Å². The molecule has 0 radical (unpaired) electrons. The number of aryl methyl sites for hydroxylation is 2. The highest BCUT2D eigenvalue weighted by molar-refractivity contribution is 7.90. The lowest BCUT2D eigenvalue weighted by Crippen LogP contribution is -2.33. The van der Waals surface area contributed by atoms with Gasteiger partial charge in [-0.3, -0.25) is 8.37 Å². The molecule has 0 heterocycles. The Morgan fingerprint density at radius 3 is 1.40 bits per heavy atom. The van der Waals surface area contributed by atoms with E-state index in [-0.39, 0.29) is 32.6 Å². The lowest BCUT2D eigenvalue weighted by Gasteiger charge is -2.29. The highest BCUT2D eigenvalue weighted by Crippen LogP contribution is 2.51. The highest BCUT2D eigenvalue weighted by Gasteiger charge is 2.43. The van der Waals surface area contributed by atoms with E-state index in [4.69, 9.17) is 31.6 Å². The first-order chi connectivity index (χ1) is 22.0. The Morgan fingerprint density at radius 1 is 0.574 bits per heavy atom. The second-order valence-electron chi connectivity index (χ2n) is 11.8. The van der Waals surface area contributed by atoms with E-state index in [2.05, 4.69) is 0 Å². The van der Waals surface area contributed by atoms with Crippen molar-refractivity contribution in [1.82, 2.24) is 0 Å². The summed E-state index contributed by atoms with van der Waals surface area (Å²) in [6, 6.07) is 23.7. The van der Waals surface area contributed by atoms with Gasteiger partial charge < -0.3 is 0 Å². The van der Waals surface area contributed by atoms with Gasteiger partial charge in [-0.1, -0.05) is 76.8 Å². The molecule has 0 saturated carbocycles. The molecule has 0 unspecified atom stereocenters. The summed E-state index contributed by atoms with van der Waals surface area (Å²) >= 11 is 12.6. The fraction of sp³-hybridized carbons (Fsp3) is 0.235. The Labute approximate surface area is 286 Å². The minimum atomic E-state index is -4.24. The average molecular weight is 736 g/mol. The van der Waals surface area contributed by atoms with Crippen molar-refractivity contribution in [3.8, 4) is 0 Å². The zero-order valence-electron chi connectivity index (χ0n) is 25.7. The third kappa shape index (κ3) is 8.17. The SMILES string of the molecule is Cc1ccc(S(=O)(=O)OCC2(COS(=O)(=O)c3ccc(C)cc3)CC(c3ccc(S(C)(=O)=O)cc3)=C(c3ccc(Cl)c(Cl)c3)C2)cc1. The van der Waals surface area contributed by atoms with Crippen LogP contribution < -0.4 is 0 Å². The first-order valence-corrected chi connectivity index (χ1v) is 19.8. The van der Waals surface area contributed by atoms with E-state index in [0.717, 1.165) is 28.5 Å². The second kappa shape index (κ2) is 13.5. The van der Waals surface area contributed by atoms with Crippen molar-refractivity contribution in [3.63, 3.8) is 0 Å². The zero-order chi connectivity index (χ0) is 34.2. The Balaban J connectivity index is 1.57. The van der Waals surface area contributed by atoms with Gasteiger partial charge in [0.15, 0.2) is 9.84 Å². The van der Waals surface area contributed by atoms with E-state index >= 15 is 0 Å². The van der Waals surface area contributed by atoms with E-state index < -0.39 is 48.7 Å². The largest absolute Gasteiger partial charge is 0.296 e. The lowest BCUT2D eigenvalue weighted by molar-refractivity contribution is 0.0982. The minimum absolute atomic E-state index is 0.0429. The van der Waals surface area contributed by atoms with Gasteiger partial charge in [-0.25, -0.2) is 8.42 Å². The summed E-state index contributed by atoms with van der Waals surface area (Å²) in [7, 11) is -12.0. The molecule has 4 aromatic carbocycles. The van der Waals surface area contributed by atoms with Crippen LogP contribution in [0, 0.1) is 19.3 Å². The van der Waals surface area contributed by atoms with Gasteiger partial charge >= 0.3 is 0 Å². The molecule has 0 aromatic heterocycles. The lowest BCUT2D eigenvalue weighted by atomic mass is 9.84. The maximum Gasteiger partial charge on any atom is 0.296 e. The van der Waals surface area contributed by atoms with E-state index in [1.807, 2.05) is 13.8 Å². The van der Waals surface area contributed by atoms with Gasteiger partial charge in [0.1, 0.15) is 0 Å². The van der Waals surface area contributed by atoms with Crippen LogP contribution in [0.2, 0.25) is 10.0 Å². The molecule has 0 atom stereocenters. The van der Waals surface area contributed by atoms with Crippen LogP contribution in [0.25, 0.3) is 11.1 Å². The van der Waals surface area contributed by atoms with Gasteiger partial charge in [-0.05, 0) is 97.5 Å². The van der Waals surface area contributed by atoms with Crippen LogP contribution >= 0.6 is 23.2 Å². The van der Waals surface area contributed by atoms with Crippen LogP contribution in [-0.4, -0.2) is 44.7 Å². The first-order valence-electron chi connectivity index (χ1n) is 14.4.